The van der Waals surface area contributed by atoms with E-state index in [4.69, 9.17) is 14.0 Å². The number of aromatic nitrogens is 2. The van der Waals surface area contributed by atoms with E-state index >= 15 is 0 Å². The summed E-state index contributed by atoms with van der Waals surface area (Å²) in [6.45, 7) is 7.10. The van der Waals surface area contributed by atoms with Crippen LogP contribution >= 0.6 is 0 Å². The fourth-order valence-electron chi connectivity index (χ4n) is 2.03. The molecule has 1 aromatic heterocycles. The van der Waals surface area contributed by atoms with Crippen molar-refractivity contribution in [2.24, 2.45) is 0 Å². The van der Waals surface area contributed by atoms with Crippen molar-refractivity contribution < 1.29 is 14.0 Å². The van der Waals surface area contributed by atoms with Gasteiger partial charge in [-0.3, -0.25) is 0 Å². The molecule has 1 heterocycles. The van der Waals surface area contributed by atoms with Crippen LogP contribution in [-0.4, -0.2) is 23.8 Å². The Morgan fingerprint density at radius 3 is 2.76 bits per heavy atom. The van der Waals surface area contributed by atoms with Gasteiger partial charge in [-0.15, -0.1) is 0 Å². The van der Waals surface area contributed by atoms with Gasteiger partial charge in [0.15, 0.2) is 23.9 Å². The van der Waals surface area contributed by atoms with Gasteiger partial charge >= 0.3 is 0 Å². The number of nitrogens with zero attached hydrogens (tertiary/aromatic N) is 2. The first kappa shape index (κ1) is 15.3. The number of hydrogen-bond acceptors (Lipinski definition) is 6. The maximum Gasteiger partial charge on any atom is 0.264 e. The SMILES string of the molecule is CCNC(C)c1ccc(OCc2nc(C)no2)c(OC)c1. The Morgan fingerprint density at radius 1 is 1.33 bits per heavy atom. The lowest BCUT2D eigenvalue weighted by atomic mass is 10.1. The van der Waals surface area contributed by atoms with E-state index < -0.39 is 0 Å². The third kappa shape index (κ3) is 3.95. The van der Waals surface area contributed by atoms with Crippen LogP contribution in [0.15, 0.2) is 22.7 Å². The molecule has 21 heavy (non-hydrogen) atoms. The molecule has 0 bridgehead atoms. The summed E-state index contributed by atoms with van der Waals surface area (Å²) < 4.78 is 16.1. The van der Waals surface area contributed by atoms with Crippen LogP contribution in [-0.2, 0) is 6.61 Å². The molecular formula is C15H21N3O3. The van der Waals surface area contributed by atoms with Crippen LogP contribution in [0.3, 0.4) is 0 Å². The number of nitrogens with one attached hydrogen (secondary N) is 1. The van der Waals surface area contributed by atoms with E-state index in [0.29, 0.717) is 23.2 Å². The van der Waals surface area contributed by atoms with Gasteiger partial charge in [-0.2, -0.15) is 4.98 Å². The Labute approximate surface area is 124 Å². The molecule has 0 saturated carbocycles. The molecular weight excluding hydrogens is 270 g/mol. The van der Waals surface area contributed by atoms with Crippen molar-refractivity contribution in [2.45, 2.75) is 33.4 Å². The third-order valence-electron chi connectivity index (χ3n) is 3.12. The lowest BCUT2D eigenvalue weighted by molar-refractivity contribution is 0.233. The van der Waals surface area contributed by atoms with Gasteiger partial charge < -0.3 is 19.3 Å². The van der Waals surface area contributed by atoms with Crippen molar-refractivity contribution in [3.05, 3.63) is 35.5 Å². The normalized spacial score (nSPS) is 12.2. The molecule has 2 aromatic rings. The first-order chi connectivity index (χ1) is 10.1. The maximum atomic E-state index is 5.68. The zero-order valence-electron chi connectivity index (χ0n) is 12.8. The Balaban J connectivity index is 2.08. The van der Waals surface area contributed by atoms with Crippen LogP contribution in [0.4, 0.5) is 0 Å². The number of methoxy groups -OCH3 is 1. The topological polar surface area (TPSA) is 69.4 Å². The molecule has 0 amide bonds. The minimum absolute atomic E-state index is 0.222. The molecule has 1 aromatic carbocycles. The first-order valence-corrected chi connectivity index (χ1v) is 6.97. The van der Waals surface area contributed by atoms with Gasteiger partial charge in [-0.25, -0.2) is 0 Å². The second-order valence-corrected chi connectivity index (χ2v) is 4.71. The highest BCUT2D eigenvalue weighted by Gasteiger charge is 2.11. The fourth-order valence-corrected chi connectivity index (χ4v) is 2.03. The Morgan fingerprint density at radius 2 is 2.14 bits per heavy atom. The molecule has 0 radical (unpaired) electrons. The molecule has 1 unspecified atom stereocenters. The van der Waals surface area contributed by atoms with Gasteiger partial charge in [0.25, 0.3) is 5.89 Å². The van der Waals surface area contributed by atoms with Crippen molar-refractivity contribution >= 4 is 0 Å². The molecule has 1 N–H and O–H groups in total. The van der Waals surface area contributed by atoms with Crippen molar-refractivity contribution in [3.63, 3.8) is 0 Å². The summed E-state index contributed by atoms with van der Waals surface area (Å²) >= 11 is 0. The molecule has 6 heteroatoms. The minimum atomic E-state index is 0.222. The van der Waals surface area contributed by atoms with Crippen LogP contribution < -0.4 is 14.8 Å². The number of hydrogen-bond donors (Lipinski definition) is 1. The third-order valence-corrected chi connectivity index (χ3v) is 3.12. The van der Waals surface area contributed by atoms with Crippen molar-refractivity contribution in [1.29, 1.82) is 0 Å². The number of rotatable bonds is 7. The Bertz CT molecular complexity index is 583. The molecule has 0 aliphatic carbocycles. The molecule has 0 saturated heterocycles. The van der Waals surface area contributed by atoms with E-state index in [1.165, 1.54) is 0 Å². The lowest BCUT2D eigenvalue weighted by Crippen LogP contribution is -2.17. The van der Waals surface area contributed by atoms with E-state index in [2.05, 4.69) is 29.3 Å². The summed E-state index contributed by atoms with van der Waals surface area (Å²) in [5, 5.41) is 7.09. The predicted octanol–water partition coefficient (Wildman–Crippen LogP) is 2.64. The number of aryl methyl sites for hydroxylation is 1. The molecule has 0 aliphatic heterocycles. The largest absolute Gasteiger partial charge is 0.493 e. The molecule has 114 valence electrons. The van der Waals surface area contributed by atoms with Gasteiger partial charge in [0, 0.05) is 6.04 Å². The van der Waals surface area contributed by atoms with Gasteiger partial charge in [0.05, 0.1) is 7.11 Å². The van der Waals surface area contributed by atoms with Crippen molar-refractivity contribution in [3.8, 4) is 11.5 Å². The van der Waals surface area contributed by atoms with Gasteiger partial charge in [-0.05, 0) is 38.1 Å². The fraction of sp³-hybridized carbons (Fsp3) is 0.467. The zero-order chi connectivity index (χ0) is 15.2. The molecule has 0 spiro atoms. The summed E-state index contributed by atoms with van der Waals surface area (Å²) in [5.41, 5.74) is 1.15. The van der Waals surface area contributed by atoms with E-state index in [-0.39, 0.29) is 12.6 Å². The Hall–Kier alpha value is -2.08. The second kappa shape index (κ2) is 7.08. The van der Waals surface area contributed by atoms with Crippen LogP contribution in [0, 0.1) is 6.92 Å². The minimum Gasteiger partial charge on any atom is -0.493 e. The lowest BCUT2D eigenvalue weighted by Gasteiger charge is -2.16. The van der Waals surface area contributed by atoms with E-state index in [1.807, 2.05) is 18.2 Å². The highest BCUT2D eigenvalue weighted by molar-refractivity contribution is 5.43. The van der Waals surface area contributed by atoms with Gasteiger partial charge in [0.1, 0.15) is 0 Å². The van der Waals surface area contributed by atoms with E-state index in [1.54, 1.807) is 14.0 Å². The van der Waals surface area contributed by atoms with Crippen LogP contribution in [0.25, 0.3) is 0 Å². The van der Waals surface area contributed by atoms with Crippen molar-refractivity contribution in [2.75, 3.05) is 13.7 Å². The summed E-state index contributed by atoms with van der Waals surface area (Å²) in [6, 6.07) is 6.15. The van der Waals surface area contributed by atoms with Crippen LogP contribution in [0.2, 0.25) is 0 Å². The summed E-state index contributed by atoms with van der Waals surface area (Å²) in [7, 11) is 1.63. The van der Waals surface area contributed by atoms with Crippen LogP contribution in [0.5, 0.6) is 11.5 Å². The molecule has 0 fully saturated rings. The standard InChI is InChI=1S/C15H21N3O3/c1-5-16-10(2)12-6-7-13(14(8-12)19-4)20-9-15-17-11(3)18-21-15/h6-8,10,16H,5,9H2,1-4H3. The zero-order valence-corrected chi connectivity index (χ0v) is 12.8. The van der Waals surface area contributed by atoms with Gasteiger partial charge in [-0.1, -0.05) is 18.1 Å². The number of ether oxygens (including phenoxy) is 2. The average molecular weight is 291 g/mol. The molecule has 0 aliphatic rings. The first-order valence-electron chi connectivity index (χ1n) is 6.97. The van der Waals surface area contributed by atoms with Crippen molar-refractivity contribution in [1.82, 2.24) is 15.5 Å². The molecule has 1 atom stereocenters. The highest BCUT2D eigenvalue weighted by atomic mass is 16.5. The smallest absolute Gasteiger partial charge is 0.264 e. The molecule has 6 nitrogen and oxygen atoms in total. The maximum absolute atomic E-state index is 5.68. The predicted molar refractivity (Wildman–Crippen MR) is 78.5 cm³/mol. The number of benzene rings is 1. The average Bonchev–Trinajstić information content (AvgIpc) is 2.90. The van der Waals surface area contributed by atoms with E-state index in [9.17, 15) is 0 Å². The monoisotopic (exact) mass is 291 g/mol. The summed E-state index contributed by atoms with van der Waals surface area (Å²) in [4.78, 5) is 4.10. The quantitative estimate of drug-likeness (QED) is 0.845. The summed E-state index contributed by atoms with van der Waals surface area (Å²) in [6.07, 6.45) is 0. The second-order valence-electron chi connectivity index (χ2n) is 4.71. The summed E-state index contributed by atoms with van der Waals surface area (Å²) in [5.74, 6) is 2.38. The molecule has 2 rings (SSSR count). The highest BCUT2D eigenvalue weighted by Crippen LogP contribution is 2.30. The van der Waals surface area contributed by atoms with E-state index in [0.717, 1.165) is 12.1 Å². The Kier molecular flexibility index (Phi) is 5.16. The van der Waals surface area contributed by atoms with Crippen LogP contribution in [0.1, 0.15) is 37.2 Å². The van der Waals surface area contributed by atoms with Gasteiger partial charge in [0.2, 0.25) is 0 Å².